The molecule has 1 fully saturated rings. The van der Waals surface area contributed by atoms with Crippen LogP contribution >= 0.6 is 0 Å². The molecule has 0 bridgehead atoms. The molecule has 1 aliphatic rings. The summed E-state index contributed by atoms with van der Waals surface area (Å²) in [5.41, 5.74) is 4.97. The highest BCUT2D eigenvalue weighted by atomic mass is 16.2. The van der Waals surface area contributed by atoms with Crippen LogP contribution in [0.4, 0.5) is 0 Å². The number of amides is 2. The average Bonchev–Trinajstić information content (AvgIpc) is 2.27. The number of nitrogens with two attached hydrogens (primary N) is 1. The topological polar surface area (TPSA) is 84.2 Å². The normalized spacial score (nSPS) is 17.0. The van der Waals surface area contributed by atoms with Crippen molar-refractivity contribution in [1.29, 1.82) is 0 Å². The SMILES string of the molecule is NC(=O)CCNC(=O)CCC1CCNCC1. The summed E-state index contributed by atoms with van der Waals surface area (Å²) in [6.07, 6.45) is 4.05. The van der Waals surface area contributed by atoms with Gasteiger partial charge in [-0.15, -0.1) is 0 Å². The second kappa shape index (κ2) is 7.22. The lowest BCUT2D eigenvalue weighted by Crippen LogP contribution is -2.30. The van der Waals surface area contributed by atoms with Crippen molar-refractivity contribution in [2.45, 2.75) is 32.1 Å². The first-order valence-electron chi connectivity index (χ1n) is 5.94. The van der Waals surface area contributed by atoms with E-state index in [0.29, 0.717) is 18.9 Å². The van der Waals surface area contributed by atoms with E-state index in [1.165, 1.54) is 0 Å². The van der Waals surface area contributed by atoms with Gasteiger partial charge >= 0.3 is 0 Å². The van der Waals surface area contributed by atoms with E-state index in [0.717, 1.165) is 32.4 Å². The van der Waals surface area contributed by atoms with E-state index in [4.69, 9.17) is 5.73 Å². The van der Waals surface area contributed by atoms with Crippen LogP contribution in [0.2, 0.25) is 0 Å². The fraction of sp³-hybridized carbons (Fsp3) is 0.818. The fourth-order valence-corrected chi connectivity index (χ4v) is 1.92. The second-order valence-corrected chi connectivity index (χ2v) is 4.30. The van der Waals surface area contributed by atoms with Crippen molar-refractivity contribution in [1.82, 2.24) is 10.6 Å². The summed E-state index contributed by atoms with van der Waals surface area (Å²) in [5, 5.41) is 6.00. The Labute approximate surface area is 96.1 Å². The molecule has 1 heterocycles. The third-order valence-corrected chi connectivity index (χ3v) is 2.93. The standard InChI is InChI=1S/C11H21N3O2/c12-10(15)5-8-14-11(16)2-1-9-3-6-13-7-4-9/h9,13H,1-8H2,(H2,12,15)(H,14,16). The Morgan fingerprint density at radius 3 is 2.56 bits per heavy atom. The minimum Gasteiger partial charge on any atom is -0.370 e. The zero-order valence-corrected chi connectivity index (χ0v) is 9.63. The highest BCUT2D eigenvalue weighted by Gasteiger charge is 2.14. The predicted octanol–water partition coefficient (Wildman–Crippen LogP) is -0.242. The molecule has 0 aromatic rings. The van der Waals surface area contributed by atoms with Crippen LogP contribution in [-0.2, 0) is 9.59 Å². The first-order valence-corrected chi connectivity index (χ1v) is 5.94. The molecule has 1 saturated heterocycles. The third kappa shape index (κ3) is 5.70. The largest absolute Gasteiger partial charge is 0.370 e. The minimum atomic E-state index is -0.376. The molecule has 1 rings (SSSR count). The zero-order valence-electron chi connectivity index (χ0n) is 9.63. The smallest absolute Gasteiger partial charge is 0.220 e. The van der Waals surface area contributed by atoms with Gasteiger partial charge < -0.3 is 16.4 Å². The lowest BCUT2D eigenvalue weighted by atomic mass is 9.93. The number of carbonyl (C=O) groups is 2. The Bertz CT molecular complexity index is 237. The van der Waals surface area contributed by atoms with Crippen LogP contribution < -0.4 is 16.4 Å². The molecule has 0 unspecified atom stereocenters. The van der Waals surface area contributed by atoms with Gasteiger partial charge in [0, 0.05) is 19.4 Å². The Morgan fingerprint density at radius 2 is 1.94 bits per heavy atom. The third-order valence-electron chi connectivity index (χ3n) is 2.93. The molecular weight excluding hydrogens is 206 g/mol. The summed E-state index contributed by atoms with van der Waals surface area (Å²) >= 11 is 0. The van der Waals surface area contributed by atoms with Gasteiger partial charge in [-0.05, 0) is 38.3 Å². The monoisotopic (exact) mass is 227 g/mol. The van der Waals surface area contributed by atoms with Gasteiger partial charge in [-0.2, -0.15) is 0 Å². The molecule has 0 aliphatic carbocycles. The zero-order chi connectivity index (χ0) is 11.8. The first-order chi connectivity index (χ1) is 7.68. The van der Waals surface area contributed by atoms with Crippen LogP contribution in [0.1, 0.15) is 32.1 Å². The van der Waals surface area contributed by atoms with E-state index in [2.05, 4.69) is 10.6 Å². The summed E-state index contributed by atoms with van der Waals surface area (Å²) in [5.74, 6) is 0.321. The average molecular weight is 227 g/mol. The van der Waals surface area contributed by atoms with Gasteiger partial charge in [0.15, 0.2) is 0 Å². The lowest BCUT2D eigenvalue weighted by Gasteiger charge is -2.22. The lowest BCUT2D eigenvalue weighted by molar-refractivity contribution is -0.121. The van der Waals surface area contributed by atoms with Crippen molar-refractivity contribution in [2.24, 2.45) is 11.7 Å². The predicted molar refractivity (Wildman–Crippen MR) is 61.6 cm³/mol. The number of primary amides is 1. The summed E-state index contributed by atoms with van der Waals surface area (Å²) in [6, 6.07) is 0. The van der Waals surface area contributed by atoms with Gasteiger partial charge in [0.05, 0.1) is 0 Å². The van der Waals surface area contributed by atoms with Crippen LogP contribution in [0.3, 0.4) is 0 Å². The Morgan fingerprint density at radius 1 is 1.25 bits per heavy atom. The molecule has 0 radical (unpaired) electrons. The van der Waals surface area contributed by atoms with Gasteiger partial charge in [-0.3, -0.25) is 9.59 Å². The summed E-state index contributed by atoms with van der Waals surface area (Å²) in [4.78, 5) is 21.8. The van der Waals surface area contributed by atoms with Crippen molar-refractivity contribution in [3.8, 4) is 0 Å². The van der Waals surface area contributed by atoms with Crippen molar-refractivity contribution in [3.05, 3.63) is 0 Å². The Kier molecular flexibility index (Phi) is 5.85. The van der Waals surface area contributed by atoms with Crippen LogP contribution in [-0.4, -0.2) is 31.4 Å². The fourth-order valence-electron chi connectivity index (χ4n) is 1.92. The number of hydrogen-bond acceptors (Lipinski definition) is 3. The van der Waals surface area contributed by atoms with Crippen LogP contribution in [0.5, 0.6) is 0 Å². The van der Waals surface area contributed by atoms with Gasteiger partial charge in [-0.1, -0.05) is 0 Å². The van der Waals surface area contributed by atoms with Gasteiger partial charge in [-0.25, -0.2) is 0 Å². The van der Waals surface area contributed by atoms with E-state index < -0.39 is 0 Å². The van der Waals surface area contributed by atoms with Crippen LogP contribution in [0, 0.1) is 5.92 Å². The molecule has 2 amide bonds. The summed E-state index contributed by atoms with van der Waals surface area (Å²) < 4.78 is 0. The Balaban J connectivity index is 2.02. The van der Waals surface area contributed by atoms with Crippen molar-refractivity contribution >= 4 is 11.8 Å². The molecular formula is C11H21N3O2. The maximum absolute atomic E-state index is 11.4. The Hall–Kier alpha value is -1.10. The van der Waals surface area contributed by atoms with Crippen molar-refractivity contribution in [3.63, 3.8) is 0 Å². The number of nitrogens with one attached hydrogen (secondary N) is 2. The number of rotatable bonds is 6. The molecule has 92 valence electrons. The van der Waals surface area contributed by atoms with Gasteiger partial charge in [0.2, 0.25) is 11.8 Å². The molecule has 1 aliphatic heterocycles. The molecule has 0 spiro atoms. The van der Waals surface area contributed by atoms with Gasteiger partial charge in [0.1, 0.15) is 0 Å². The molecule has 0 atom stereocenters. The highest BCUT2D eigenvalue weighted by molar-refractivity contribution is 5.77. The number of carbonyl (C=O) groups excluding carboxylic acids is 2. The van der Waals surface area contributed by atoms with Crippen LogP contribution in [0.15, 0.2) is 0 Å². The molecule has 0 saturated carbocycles. The molecule has 5 nitrogen and oxygen atoms in total. The van der Waals surface area contributed by atoms with Crippen molar-refractivity contribution < 1.29 is 9.59 Å². The molecule has 5 heteroatoms. The molecule has 0 aromatic carbocycles. The quantitative estimate of drug-likeness (QED) is 0.585. The van der Waals surface area contributed by atoms with Crippen LogP contribution in [0.25, 0.3) is 0 Å². The van der Waals surface area contributed by atoms with E-state index in [1.54, 1.807) is 0 Å². The molecule has 16 heavy (non-hydrogen) atoms. The maximum Gasteiger partial charge on any atom is 0.220 e. The molecule has 0 aromatic heterocycles. The minimum absolute atomic E-state index is 0.0276. The van der Waals surface area contributed by atoms with E-state index >= 15 is 0 Å². The highest BCUT2D eigenvalue weighted by Crippen LogP contribution is 2.17. The van der Waals surface area contributed by atoms with E-state index in [9.17, 15) is 9.59 Å². The maximum atomic E-state index is 11.4. The second-order valence-electron chi connectivity index (χ2n) is 4.30. The van der Waals surface area contributed by atoms with Crippen molar-refractivity contribution in [2.75, 3.05) is 19.6 Å². The first kappa shape index (κ1) is 13.0. The van der Waals surface area contributed by atoms with Gasteiger partial charge in [0.25, 0.3) is 0 Å². The van der Waals surface area contributed by atoms with E-state index in [-0.39, 0.29) is 18.2 Å². The summed E-state index contributed by atoms with van der Waals surface area (Å²) in [6.45, 7) is 2.49. The number of piperidine rings is 1. The number of hydrogen-bond donors (Lipinski definition) is 3. The van der Waals surface area contributed by atoms with E-state index in [1.807, 2.05) is 0 Å². The summed E-state index contributed by atoms with van der Waals surface area (Å²) in [7, 11) is 0. The molecule has 4 N–H and O–H groups in total.